The second-order valence-electron chi connectivity index (χ2n) is 15.6. The number of aromatic nitrogens is 1. The van der Waals surface area contributed by atoms with Crippen LogP contribution in [0, 0.1) is 5.41 Å². The van der Waals surface area contributed by atoms with Crippen molar-refractivity contribution in [3.8, 4) is 5.75 Å². The van der Waals surface area contributed by atoms with Gasteiger partial charge >= 0.3 is 0 Å². The van der Waals surface area contributed by atoms with Crippen molar-refractivity contribution < 1.29 is 21.9 Å². The van der Waals surface area contributed by atoms with E-state index in [0.29, 0.717) is 47.2 Å². The van der Waals surface area contributed by atoms with E-state index in [2.05, 4.69) is 59.3 Å². The Labute approximate surface area is 314 Å². The monoisotopic (exact) mass is 757 g/mol. The summed E-state index contributed by atoms with van der Waals surface area (Å²) in [5.74, 6) is -0.0248. The van der Waals surface area contributed by atoms with Crippen LogP contribution < -0.4 is 4.90 Å². The van der Waals surface area contributed by atoms with Gasteiger partial charge in [-0.3, -0.25) is 9.88 Å². The highest BCUT2D eigenvalue weighted by molar-refractivity contribution is 7.91. The number of sulfone groups is 2. The first-order valence-electron chi connectivity index (χ1n) is 19.2. The summed E-state index contributed by atoms with van der Waals surface area (Å²) >= 11 is 0. The van der Waals surface area contributed by atoms with Crippen LogP contribution in [0.1, 0.15) is 80.1 Å². The van der Waals surface area contributed by atoms with Crippen molar-refractivity contribution in [2.45, 2.75) is 107 Å². The first-order chi connectivity index (χ1) is 24.6. The summed E-state index contributed by atoms with van der Waals surface area (Å²) in [4.78, 5) is 14.4. The number of hydrogen-bond donors (Lipinski definition) is 1. The Morgan fingerprint density at radius 1 is 0.769 bits per heavy atom. The molecule has 290 valence electrons. The molecule has 0 spiro atoms. The number of pyridine rings is 1. The number of piperidine rings is 2. The highest BCUT2D eigenvalue weighted by atomic mass is 32.2. The van der Waals surface area contributed by atoms with Crippen molar-refractivity contribution in [3.05, 3.63) is 48.7 Å². The van der Waals surface area contributed by atoms with Crippen molar-refractivity contribution in [1.82, 2.24) is 19.7 Å². The highest BCUT2D eigenvalue weighted by Crippen LogP contribution is 2.39. The fourth-order valence-electron chi connectivity index (χ4n) is 7.65. The SMILES string of the molecule is CC.CCCC(C)(C)C.CN1CCN(C2CCN(C3CCN(c4c(S(=O)(=O)c5ccc(O)cc5)cnc5ccc(S(C)(=O)=O)cc45)CC3)CC2)CC1. The molecule has 1 N–H and O–H groups in total. The molecule has 0 aliphatic carbocycles. The average Bonchev–Trinajstić information content (AvgIpc) is 3.12. The molecule has 3 fully saturated rings. The highest BCUT2D eigenvalue weighted by Gasteiger charge is 2.34. The van der Waals surface area contributed by atoms with Crippen LogP contribution in [0.2, 0.25) is 0 Å². The van der Waals surface area contributed by atoms with Crippen LogP contribution in [0.25, 0.3) is 10.9 Å². The van der Waals surface area contributed by atoms with Crippen molar-refractivity contribution in [3.63, 3.8) is 0 Å². The van der Waals surface area contributed by atoms with Gasteiger partial charge in [0, 0.05) is 69.2 Å². The lowest BCUT2D eigenvalue weighted by Gasteiger charge is -2.46. The molecule has 0 bridgehead atoms. The largest absolute Gasteiger partial charge is 0.508 e. The van der Waals surface area contributed by atoms with Gasteiger partial charge in [-0.15, -0.1) is 0 Å². The minimum atomic E-state index is -4.01. The van der Waals surface area contributed by atoms with Gasteiger partial charge < -0.3 is 19.8 Å². The van der Waals surface area contributed by atoms with Crippen LogP contribution in [0.15, 0.2) is 63.3 Å². The fourth-order valence-corrected chi connectivity index (χ4v) is 9.73. The Morgan fingerprint density at radius 3 is 1.79 bits per heavy atom. The number of benzene rings is 2. The number of fused-ring (bicyclic) bond motifs is 1. The topological polar surface area (TPSA) is 114 Å². The van der Waals surface area contributed by atoms with E-state index >= 15 is 0 Å². The molecule has 52 heavy (non-hydrogen) atoms. The standard InChI is InChI=1S/C31H41N5O5S2.C7H16.C2H6/c1-33-17-19-35(20-18-33)24-9-13-34(14-10-24)23-11-15-36(16-12-23)31-28-21-27(42(2,38)39)7-8-29(28)32-22-30(31)43(40,41)26-5-3-25(37)4-6-26;1-5-6-7(2,3)4;1-2/h3-8,21-24,37H,9-20H2,1-2H3;5-6H2,1-4H3;1-2H3. The van der Waals surface area contributed by atoms with Crippen molar-refractivity contribution in [2.75, 3.05) is 70.6 Å². The Hall–Kier alpha value is -2.77. The molecule has 3 aromatic rings. The molecule has 12 heteroatoms. The van der Waals surface area contributed by atoms with E-state index in [1.807, 2.05) is 13.8 Å². The van der Waals surface area contributed by atoms with E-state index in [1.54, 1.807) is 12.1 Å². The lowest BCUT2D eigenvalue weighted by atomic mass is 9.91. The maximum atomic E-state index is 13.9. The number of likely N-dealkylation sites (tertiary alicyclic amines) is 1. The van der Waals surface area contributed by atoms with Gasteiger partial charge in [-0.05, 0) is 100 Å². The normalized spacial score (nSPS) is 19.1. The van der Waals surface area contributed by atoms with Gasteiger partial charge in [-0.25, -0.2) is 16.8 Å². The summed E-state index contributed by atoms with van der Waals surface area (Å²) in [5.41, 5.74) is 1.59. The van der Waals surface area contributed by atoms with E-state index in [-0.39, 0.29) is 20.4 Å². The minimum absolute atomic E-state index is 0.0248. The van der Waals surface area contributed by atoms with Gasteiger partial charge in [0.1, 0.15) is 10.6 Å². The lowest BCUT2D eigenvalue weighted by molar-refractivity contribution is 0.0495. The maximum absolute atomic E-state index is 13.9. The first kappa shape index (κ1) is 42.0. The molecule has 4 heterocycles. The summed E-state index contributed by atoms with van der Waals surface area (Å²) in [7, 11) is -5.34. The number of rotatable bonds is 7. The van der Waals surface area contributed by atoms with Gasteiger partial charge in [0.2, 0.25) is 9.84 Å². The molecule has 6 rings (SSSR count). The number of anilines is 1. The Kier molecular flexibility index (Phi) is 14.6. The van der Waals surface area contributed by atoms with E-state index < -0.39 is 19.7 Å². The number of phenols is 1. The van der Waals surface area contributed by atoms with E-state index in [0.717, 1.165) is 58.4 Å². The lowest BCUT2D eigenvalue weighted by Crippen LogP contribution is -2.54. The van der Waals surface area contributed by atoms with Gasteiger partial charge in [-0.1, -0.05) is 48.0 Å². The molecule has 3 aliphatic rings. The van der Waals surface area contributed by atoms with Crippen LogP contribution in [0.4, 0.5) is 5.69 Å². The van der Waals surface area contributed by atoms with Crippen LogP contribution in [-0.4, -0.2) is 119 Å². The summed E-state index contributed by atoms with van der Waals surface area (Å²) in [6.45, 7) is 21.1. The number of likely N-dealkylation sites (N-methyl/N-ethyl adjacent to an activating group) is 1. The molecular formula is C40H63N5O5S2. The Bertz CT molecular complexity index is 1800. The summed E-state index contributed by atoms with van der Waals surface area (Å²) < 4.78 is 52.8. The zero-order valence-electron chi connectivity index (χ0n) is 32.8. The third-order valence-corrected chi connectivity index (χ3v) is 13.4. The van der Waals surface area contributed by atoms with Crippen LogP contribution in [-0.2, 0) is 19.7 Å². The molecule has 0 atom stereocenters. The molecule has 1 aromatic heterocycles. The van der Waals surface area contributed by atoms with Gasteiger partial charge in [-0.2, -0.15) is 0 Å². The number of phenolic OH excluding ortho intramolecular Hbond substituents is 1. The van der Waals surface area contributed by atoms with Crippen LogP contribution >= 0.6 is 0 Å². The third-order valence-electron chi connectivity index (χ3n) is 10.5. The van der Waals surface area contributed by atoms with Crippen LogP contribution in [0.3, 0.4) is 0 Å². The molecule has 0 saturated carbocycles. The predicted octanol–water partition coefficient (Wildman–Crippen LogP) is 6.72. The molecule has 0 radical (unpaired) electrons. The summed E-state index contributed by atoms with van der Waals surface area (Å²) in [6, 6.07) is 11.3. The zero-order valence-corrected chi connectivity index (χ0v) is 34.4. The molecule has 2 aromatic carbocycles. The smallest absolute Gasteiger partial charge is 0.210 e. The molecular weight excluding hydrogens is 695 g/mol. The second-order valence-corrected chi connectivity index (χ2v) is 19.5. The fraction of sp³-hybridized carbons (Fsp3) is 0.625. The van der Waals surface area contributed by atoms with E-state index in [9.17, 15) is 21.9 Å². The van der Waals surface area contributed by atoms with Crippen molar-refractivity contribution in [2.24, 2.45) is 5.41 Å². The molecule has 3 aliphatic heterocycles. The number of hydrogen-bond acceptors (Lipinski definition) is 10. The summed E-state index contributed by atoms with van der Waals surface area (Å²) in [6.07, 6.45) is 9.34. The molecule has 0 amide bonds. The number of piperazine rings is 1. The van der Waals surface area contributed by atoms with Crippen molar-refractivity contribution >= 4 is 36.3 Å². The van der Waals surface area contributed by atoms with Crippen molar-refractivity contribution in [1.29, 1.82) is 0 Å². The Balaban J connectivity index is 0.000000604. The zero-order chi connectivity index (χ0) is 38.3. The Morgan fingerprint density at radius 2 is 1.29 bits per heavy atom. The van der Waals surface area contributed by atoms with Gasteiger partial charge in [0.15, 0.2) is 9.84 Å². The number of nitrogens with zero attached hydrogens (tertiary/aromatic N) is 5. The van der Waals surface area contributed by atoms with Crippen LogP contribution in [0.5, 0.6) is 5.75 Å². The molecule has 10 nitrogen and oxygen atoms in total. The van der Waals surface area contributed by atoms with E-state index in [4.69, 9.17) is 0 Å². The van der Waals surface area contributed by atoms with Gasteiger partial charge in [0.25, 0.3) is 0 Å². The first-order valence-corrected chi connectivity index (χ1v) is 22.5. The molecule has 3 saturated heterocycles. The maximum Gasteiger partial charge on any atom is 0.210 e. The predicted molar refractivity (Wildman–Crippen MR) is 213 cm³/mol. The summed E-state index contributed by atoms with van der Waals surface area (Å²) in [5, 5.41) is 10.3. The van der Waals surface area contributed by atoms with Gasteiger partial charge in [0.05, 0.1) is 21.0 Å². The number of aromatic hydroxyl groups is 1. The molecule has 0 unspecified atom stereocenters. The quantitative estimate of drug-likeness (QED) is 0.279. The van der Waals surface area contributed by atoms with E-state index in [1.165, 1.54) is 62.2 Å². The second kappa shape index (κ2) is 18.0. The third kappa shape index (κ3) is 10.7. The minimum Gasteiger partial charge on any atom is -0.508 e. The average molecular weight is 758 g/mol.